The maximum absolute atomic E-state index is 14.6. The Morgan fingerprint density at radius 2 is 1.80 bits per heavy atom. The van der Waals surface area contributed by atoms with Crippen molar-refractivity contribution in [1.29, 1.82) is 0 Å². The van der Waals surface area contributed by atoms with Crippen molar-refractivity contribution < 1.29 is 24.2 Å². The average molecular weight is 577 g/mol. The number of thioether (sulfide) groups is 1. The molecule has 40 heavy (non-hydrogen) atoms. The Labute approximate surface area is 243 Å². The molecule has 1 N–H and O–H groups in total. The van der Waals surface area contributed by atoms with Gasteiger partial charge in [-0.15, -0.1) is 24.9 Å². The number of nitrogens with zero attached hydrogens (tertiary/aromatic N) is 4. The first-order chi connectivity index (χ1) is 19.2. The lowest BCUT2D eigenvalue weighted by molar-refractivity contribution is -0.148. The Hall–Kier alpha value is -1.88. The van der Waals surface area contributed by atoms with Crippen molar-refractivity contribution >= 4 is 29.5 Å². The van der Waals surface area contributed by atoms with E-state index < -0.39 is 28.7 Å². The van der Waals surface area contributed by atoms with E-state index in [4.69, 9.17) is 4.74 Å². The molecule has 1 spiro atoms. The largest absolute Gasteiger partial charge is 0.394 e. The molecule has 6 atom stereocenters. The summed E-state index contributed by atoms with van der Waals surface area (Å²) in [6.07, 6.45) is 5.81. The van der Waals surface area contributed by atoms with Crippen LogP contribution in [0.4, 0.5) is 0 Å². The molecule has 4 fully saturated rings. The Kier molecular flexibility index (Phi) is 10.4. The second-order valence-corrected chi connectivity index (χ2v) is 13.5. The number of ether oxygens (including phenoxy) is 1. The van der Waals surface area contributed by atoms with Gasteiger partial charge < -0.3 is 24.5 Å². The molecule has 0 saturated carbocycles. The number of carbonyl (C=O) groups is 3. The summed E-state index contributed by atoms with van der Waals surface area (Å²) in [7, 11) is 0. The summed E-state index contributed by atoms with van der Waals surface area (Å²) in [4.78, 5) is 50.6. The molecule has 0 aliphatic carbocycles. The number of aliphatic hydroxyl groups is 1. The molecule has 3 amide bonds. The average Bonchev–Trinajstić information content (AvgIpc) is 3.59. The lowest BCUT2D eigenvalue weighted by Crippen LogP contribution is -2.59. The molecule has 224 valence electrons. The number of aliphatic hydroxyl groups excluding tert-OH is 1. The Morgan fingerprint density at radius 3 is 2.38 bits per heavy atom. The second kappa shape index (κ2) is 13.4. The number of likely N-dealkylation sites (tertiary alicyclic amines) is 1. The zero-order valence-electron chi connectivity index (χ0n) is 24.5. The van der Waals surface area contributed by atoms with Crippen LogP contribution in [-0.2, 0) is 19.1 Å². The number of carbonyl (C=O) groups excluding carboxylic acids is 3. The molecule has 10 heteroatoms. The van der Waals surface area contributed by atoms with Crippen molar-refractivity contribution in [2.24, 2.45) is 17.8 Å². The molecular weight excluding hydrogens is 528 g/mol. The number of fused-ring (bicyclic) bond motifs is 1. The molecule has 4 aliphatic heterocycles. The molecule has 9 nitrogen and oxygen atoms in total. The second-order valence-electron chi connectivity index (χ2n) is 11.9. The lowest BCUT2D eigenvalue weighted by atomic mass is 9.70. The van der Waals surface area contributed by atoms with Crippen LogP contribution in [0.2, 0.25) is 0 Å². The Morgan fingerprint density at radius 1 is 1.15 bits per heavy atom. The third-order valence-corrected chi connectivity index (χ3v) is 11.1. The van der Waals surface area contributed by atoms with Crippen molar-refractivity contribution in [3.63, 3.8) is 0 Å². The maximum Gasteiger partial charge on any atom is 0.247 e. The number of hydrogen-bond acceptors (Lipinski definition) is 7. The van der Waals surface area contributed by atoms with E-state index in [0.717, 1.165) is 32.5 Å². The highest BCUT2D eigenvalue weighted by Crippen LogP contribution is 2.67. The third kappa shape index (κ3) is 5.61. The van der Waals surface area contributed by atoms with Gasteiger partial charge in [-0.05, 0) is 25.2 Å². The molecule has 2 bridgehead atoms. The van der Waals surface area contributed by atoms with Gasteiger partial charge in [-0.1, -0.05) is 32.9 Å². The highest BCUT2D eigenvalue weighted by molar-refractivity contribution is 8.02. The van der Waals surface area contributed by atoms with Crippen molar-refractivity contribution in [3.8, 4) is 0 Å². The van der Waals surface area contributed by atoms with E-state index in [0.29, 0.717) is 45.8 Å². The maximum atomic E-state index is 14.6. The fourth-order valence-electron chi connectivity index (χ4n) is 7.26. The van der Waals surface area contributed by atoms with E-state index in [9.17, 15) is 19.5 Å². The van der Waals surface area contributed by atoms with Crippen LogP contribution in [0.25, 0.3) is 0 Å². The van der Waals surface area contributed by atoms with Gasteiger partial charge >= 0.3 is 0 Å². The highest BCUT2D eigenvalue weighted by Gasteiger charge is 2.74. The summed E-state index contributed by atoms with van der Waals surface area (Å²) < 4.78 is 4.81. The zero-order chi connectivity index (χ0) is 29.0. The minimum atomic E-state index is -0.721. The predicted octanol–water partition coefficient (Wildman–Crippen LogP) is 1.87. The van der Waals surface area contributed by atoms with Crippen LogP contribution < -0.4 is 0 Å². The first-order valence-electron chi connectivity index (χ1n) is 15.0. The van der Waals surface area contributed by atoms with Crippen LogP contribution in [-0.4, -0.2) is 130 Å². The van der Waals surface area contributed by atoms with E-state index in [1.165, 1.54) is 0 Å². The van der Waals surface area contributed by atoms with Crippen LogP contribution in [0, 0.1) is 17.8 Å². The molecule has 0 radical (unpaired) electrons. The Bertz CT molecular complexity index is 956. The summed E-state index contributed by atoms with van der Waals surface area (Å²) >= 11 is 1.69. The SMILES string of the molecule is C=CCN(CCN1CCOCC1)C(=O)C1N([C@@H](CO)C(C)C)C(=O)[C@@H]2[C@H](C(=O)N(CC=C)CCC)[C@@H]3CCC12S3. The van der Waals surface area contributed by atoms with Gasteiger partial charge in [0, 0.05) is 51.1 Å². The van der Waals surface area contributed by atoms with Crippen molar-refractivity contribution in [1.82, 2.24) is 19.6 Å². The first-order valence-corrected chi connectivity index (χ1v) is 15.8. The van der Waals surface area contributed by atoms with Crippen molar-refractivity contribution in [2.75, 3.05) is 65.6 Å². The van der Waals surface area contributed by atoms with Gasteiger partial charge in [-0.3, -0.25) is 19.3 Å². The van der Waals surface area contributed by atoms with E-state index >= 15 is 0 Å². The fraction of sp³-hybridized carbons (Fsp3) is 0.767. The first kappa shape index (κ1) is 31.1. The van der Waals surface area contributed by atoms with Crippen LogP contribution in [0.1, 0.15) is 40.0 Å². The van der Waals surface area contributed by atoms with Gasteiger partial charge in [0.1, 0.15) is 6.04 Å². The van der Waals surface area contributed by atoms with Crippen LogP contribution in [0.5, 0.6) is 0 Å². The number of hydrogen-bond donors (Lipinski definition) is 1. The zero-order valence-corrected chi connectivity index (χ0v) is 25.3. The topological polar surface area (TPSA) is 93.6 Å². The quantitative estimate of drug-likeness (QED) is 0.316. The van der Waals surface area contributed by atoms with Crippen LogP contribution >= 0.6 is 11.8 Å². The van der Waals surface area contributed by atoms with Crippen molar-refractivity contribution in [2.45, 2.75) is 62.1 Å². The minimum absolute atomic E-state index is 0.00687. The van der Waals surface area contributed by atoms with Gasteiger partial charge in [0.2, 0.25) is 17.7 Å². The Balaban J connectivity index is 1.70. The normalized spacial score (nSPS) is 30.4. The van der Waals surface area contributed by atoms with E-state index in [-0.39, 0.29) is 35.5 Å². The summed E-state index contributed by atoms with van der Waals surface area (Å²) in [6.45, 7) is 19.2. The number of amides is 3. The smallest absolute Gasteiger partial charge is 0.247 e. The highest BCUT2D eigenvalue weighted by atomic mass is 32.2. The predicted molar refractivity (Wildman–Crippen MR) is 158 cm³/mol. The van der Waals surface area contributed by atoms with Crippen molar-refractivity contribution in [3.05, 3.63) is 25.3 Å². The van der Waals surface area contributed by atoms with Gasteiger partial charge in [0.15, 0.2) is 0 Å². The fourth-order valence-corrected chi connectivity index (χ4v) is 9.46. The molecule has 4 saturated heterocycles. The lowest BCUT2D eigenvalue weighted by Gasteiger charge is -2.41. The summed E-state index contributed by atoms with van der Waals surface area (Å²) in [6, 6.07) is -1.22. The molecule has 0 aromatic carbocycles. The van der Waals surface area contributed by atoms with E-state index in [1.807, 2.05) is 30.6 Å². The molecular formula is C30H48N4O5S. The molecule has 4 aliphatic rings. The van der Waals surface area contributed by atoms with E-state index in [1.54, 1.807) is 28.8 Å². The standard InChI is InChI=1S/C30H48N4O5S/c1-6-11-32(12-7-2)27(36)24-23-9-10-30(40-23)25(24)28(37)34(22(20-35)21(4)5)26(30)29(38)33(13-8-3)15-14-31-16-18-39-19-17-31/h6,8,21-26,35H,1,3,7,9-20H2,2,4-5H3/t22-,23-,24+,25-,26?,30?/m0/s1. The van der Waals surface area contributed by atoms with Gasteiger partial charge in [-0.25, -0.2) is 0 Å². The molecule has 2 unspecified atom stereocenters. The summed E-state index contributed by atoms with van der Waals surface area (Å²) in [5.41, 5.74) is 0. The van der Waals surface area contributed by atoms with Crippen LogP contribution in [0.3, 0.4) is 0 Å². The monoisotopic (exact) mass is 576 g/mol. The van der Waals surface area contributed by atoms with Gasteiger partial charge in [0.05, 0.1) is 42.4 Å². The van der Waals surface area contributed by atoms with Crippen LogP contribution in [0.15, 0.2) is 25.3 Å². The third-order valence-electron chi connectivity index (χ3n) is 9.18. The number of rotatable bonds is 14. The van der Waals surface area contributed by atoms with Gasteiger partial charge in [-0.2, -0.15) is 0 Å². The summed E-state index contributed by atoms with van der Waals surface area (Å²) in [5.74, 6) is -1.34. The molecule has 0 aromatic rings. The number of morpholine rings is 1. The molecule has 4 heterocycles. The van der Waals surface area contributed by atoms with E-state index in [2.05, 4.69) is 18.1 Å². The molecule has 0 aromatic heterocycles. The van der Waals surface area contributed by atoms with Gasteiger partial charge in [0.25, 0.3) is 0 Å². The molecule has 4 rings (SSSR count). The summed E-state index contributed by atoms with van der Waals surface area (Å²) in [5, 5.41) is 10.5. The minimum Gasteiger partial charge on any atom is -0.394 e.